The lowest BCUT2D eigenvalue weighted by Crippen LogP contribution is -2.43. The molecule has 0 aliphatic heterocycles. The highest BCUT2D eigenvalue weighted by Crippen LogP contribution is 2.34. The molecule has 1 aromatic rings. The first-order valence-electron chi connectivity index (χ1n) is 6.60. The van der Waals surface area contributed by atoms with Gasteiger partial charge < -0.3 is 15.7 Å². The third-order valence-corrected chi connectivity index (χ3v) is 3.14. The maximum absolute atomic E-state index is 12.8. The van der Waals surface area contributed by atoms with Crippen LogP contribution in [0.1, 0.15) is 24.5 Å². The van der Waals surface area contributed by atoms with Crippen LogP contribution in [-0.2, 0) is 15.8 Å². The number of aliphatic hydroxyl groups excluding tert-OH is 1. The molecule has 2 amide bonds. The van der Waals surface area contributed by atoms with Gasteiger partial charge in [-0.25, -0.2) is 0 Å². The summed E-state index contributed by atoms with van der Waals surface area (Å²) in [4.78, 5) is 23.3. The van der Waals surface area contributed by atoms with Crippen molar-refractivity contribution in [3.05, 3.63) is 29.3 Å². The van der Waals surface area contributed by atoms with E-state index in [1.807, 2.05) is 0 Å². The fourth-order valence-corrected chi connectivity index (χ4v) is 1.78. The van der Waals surface area contributed by atoms with Crippen molar-refractivity contribution in [1.29, 1.82) is 0 Å². The molecule has 1 atom stereocenters. The normalized spacial score (nSPS) is 12.6. The number of hydrogen-bond donors (Lipinski definition) is 3. The second kappa shape index (κ2) is 7.26. The van der Waals surface area contributed by atoms with Gasteiger partial charge in [-0.3, -0.25) is 9.59 Å². The summed E-state index contributed by atoms with van der Waals surface area (Å²) < 4.78 is 38.3. The topological polar surface area (TPSA) is 78.4 Å². The van der Waals surface area contributed by atoms with Crippen LogP contribution in [0.15, 0.2) is 18.2 Å². The van der Waals surface area contributed by atoms with E-state index in [0.717, 1.165) is 12.1 Å². The molecular formula is C14H17F3N2O3. The van der Waals surface area contributed by atoms with Gasteiger partial charge in [0.15, 0.2) is 0 Å². The first kappa shape index (κ1) is 18.0. The molecule has 0 spiro atoms. The SMILES string of the molecule is CCC(CO)NC(=O)C(=O)Nc1cccc(C(F)(F)F)c1C. The molecule has 8 heteroatoms. The van der Waals surface area contributed by atoms with Crippen LogP contribution in [-0.4, -0.2) is 29.6 Å². The number of halogens is 3. The van der Waals surface area contributed by atoms with Gasteiger partial charge in [-0.1, -0.05) is 13.0 Å². The van der Waals surface area contributed by atoms with Crippen LogP contribution in [0, 0.1) is 6.92 Å². The minimum absolute atomic E-state index is 0.0907. The monoisotopic (exact) mass is 318 g/mol. The molecule has 0 heterocycles. The number of anilines is 1. The molecule has 122 valence electrons. The average Bonchev–Trinajstić information content (AvgIpc) is 2.45. The van der Waals surface area contributed by atoms with Gasteiger partial charge in [-0.05, 0) is 31.0 Å². The van der Waals surface area contributed by atoms with Gasteiger partial charge in [0.1, 0.15) is 0 Å². The number of nitrogens with one attached hydrogen (secondary N) is 2. The van der Waals surface area contributed by atoms with Crippen molar-refractivity contribution in [2.45, 2.75) is 32.5 Å². The molecule has 1 rings (SSSR count). The molecule has 0 bridgehead atoms. The largest absolute Gasteiger partial charge is 0.416 e. The molecule has 1 unspecified atom stereocenters. The Morgan fingerprint density at radius 3 is 2.41 bits per heavy atom. The van der Waals surface area contributed by atoms with Gasteiger partial charge in [0.25, 0.3) is 0 Å². The van der Waals surface area contributed by atoms with Crippen molar-refractivity contribution in [2.75, 3.05) is 11.9 Å². The molecule has 22 heavy (non-hydrogen) atoms. The number of aliphatic hydroxyl groups is 1. The summed E-state index contributed by atoms with van der Waals surface area (Å²) in [7, 11) is 0. The fourth-order valence-electron chi connectivity index (χ4n) is 1.78. The van der Waals surface area contributed by atoms with E-state index >= 15 is 0 Å². The van der Waals surface area contributed by atoms with E-state index < -0.39 is 29.6 Å². The molecule has 0 aromatic heterocycles. The number of rotatable bonds is 4. The first-order valence-corrected chi connectivity index (χ1v) is 6.60. The highest BCUT2D eigenvalue weighted by molar-refractivity contribution is 6.39. The molecular weight excluding hydrogens is 301 g/mol. The van der Waals surface area contributed by atoms with Gasteiger partial charge in [-0.15, -0.1) is 0 Å². The lowest BCUT2D eigenvalue weighted by molar-refractivity contribution is -0.138. The molecule has 1 aromatic carbocycles. The number of alkyl halides is 3. The summed E-state index contributed by atoms with van der Waals surface area (Å²) >= 11 is 0. The van der Waals surface area contributed by atoms with Crippen LogP contribution < -0.4 is 10.6 Å². The van der Waals surface area contributed by atoms with E-state index in [4.69, 9.17) is 5.11 Å². The van der Waals surface area contributed by atoms with Crippen molar-refractivity contribution in [3.8, 4) is 0 Å². The van der Waals surface area contributed by atoms with Crippen LogP contribution in [0.2, 0.25) is 0 Å². The Bertz CT molecular complexity index is 555. The fraction of sp³-hybridized carbons (Fsp3) is 0.429. The number of carbonyl (C=O) groups is 2. The lowest BCUT2D eigenvalue weighted by Gasteiger charge is -2.16. The summed E-state index contributed by atoms with van der Waals surface area (Å²) in [6.45, 7) is 2.58. The molecule has 0 saturated heterocycles. The molecule has 0 fully saturated rings. The van der Waals surface area contributed by atoms with Crippen LogP contribution in [0.5, 0.6) is 0 Å². The molecule has 0 saturated carbocycles. The quantitative estimate of drug-likeness (QED) is 0.741. The van der Waals surface area contributed by atoms with Crippen molar-refractivity contribution in [1.82, 2.24) is 5.32 Å². The summed E-state index contributed by atoms with van der Waals surface area (Å²) in [5.41, 5.74) is -1.15. The van der Waals surface area contributed by atoms with Gasteiger partial charge in [0, 0.05) is 5.69 Å². The van der Waals surface area contributed by atoms with Crippen molar-refractivity contribution in [3.63, 3.8) is 0 Å². The predicted octanol–water partition coefficient (Wildman–Crippen LogP) is 1.84. The maximum Gasteiger partial charge on any atom is 0.416 e. The highest BCUT2D eigenvalue weighted by atomic mass is 19.4. The van der Waals surface area contributed by atoms with E-state index in [9.17, 15) is 22.8 Å². The molecule has 3 N–H and O–H groups in total. The van der Waals surface area contributed by atoms with E-state index in [1.54, 1.807) is 6.92 Å². The number of benzene rings is 1. The Labute approximate surface area is 125 Å². The third kappa shape index (κ3) is 4.45. The zero-order chi connectivity index (χ0) is 16.9. The van der Waals surface area contributed by atoms with Crippen LogP contribution in [0.25, 0.3) is 0 Å². The summed E-state index contributed by atoms with van der Waals surface area (Å²) in [5, 5.41) is 13.4. The Balaban J connectivity index is 2.87. The van der Waals surface area contributed by atoms with Crippen molar-refractivity contribution >= 4 is 17.5 Å². The predicted molar refractivity (Wildman–Crippen MR) is 74.1 cm³/mol. The van der Waals surface area contributed by atoms with Gasteiger partial charge in [0.05, 0.1) is 18.2 Å². The van der Waals surface area contributed by atoms with Crippen LogP contribution in [0.4, 0.5) is 18.9 Å². The Morgan fingerprint density at radius 2 is 1.91 bits per heavy atom. The number of amides is 2. The van der Waals surface area contributed by atoms with E-state index in [2.05, 4.69) is 10.6 Å². The highest BCUT2D eigenvalue weighted by Gasteiger charge is 2.33. The summed E-state index contributed by atoms with van der Waals surface area (Å²) in [6.07, 6.45) is -4.13. The minimum atomic E-state index is -4.54. The molecule has 5 nitrogen and oxygen atoms in total. The van der Waals surface area contributed by atoms with E-state index in [0.29, 0.717) is 6.42 Å². The minimum Gasteiger partial charge on any atom is -0.394 e. The Kier molecular flexibility index (Phi) is 5.92. The average molecular weight is 318 g/mol. The zero-order valence-electron chi connectivity index (χ0n) is 12.1. The van der Waals surface area contributed by atoms with Gasteiger partial charge >= 0.3 is 18.0 Å². The van der Waals surface area contributed by atoms with Crippen molar-refractivity contribution < 1.29 is 27.9 Å². The van der Waals surface area contributed by atoms with Gasteiger partial charge in [-0.2, -0.15) is 13.2 Å². The first-order chi connectivity index (χ1) is 10.2. The van der Waals surface area contributed by atoms with Crippen LogP contribution in [0.3, 0.4) is 0 Å². The smallest absolute Gasteiger partial charge is 0.394 e. The molecule has 0 aliphatic carbocycles. The number of hydrogen-bond acceptors (Lipinski definition) is 3. The summed E-state index contributed by atoms with van der Waals surface area (Å²) in [6, 6.07) is 2.73. The Hall–Kier alpha value is -2.09. The standard InChI is InChI=1S/C14H17F3N2O3/c1-3-9(7-20)18-12(21)13(22)19-11-6-4-5-10(8(11)2)14(15,16)17/h4-6,9,20H,3,7H2,1-2H3,(H,18,21)(H,19,22). The zero-order valence-corrected chi connectivity index (χ0v) is 12.1. The number of carbonyl (C=O) groups excluding carboxylic acids is 2. The molecule has 0 radical (unpaired) electrons. The van der Waals surface area contributed by atoms with E-state index in [-0.39, 0.29) is 17.9 Å². The molecule has 0 aliphatic rings. The second-order valence-corrected chi connectivity index (χ2v) is 4.69. The third-order valence-electron chi connectivity index (χ3n) is 3.14. The van der Waals surface area contributed by atoms with Crippen LogP contribution >= 0.6 is 0 Å². The summed E-state index contributed by atoms with van der Waals surface area (Å²) in [5.74, 6) is -2.10. The lowest BCUT2D eigenvalue weighted by atomic mass is 10.1. The van der Waals surface area contributed by atoms with Crippen molar-refractivity contribution in [2.24, 2.45) is 0 Å². The van der Waals surface area contributed by atoms with E-state index in [1.165, 1.54) is 13.0 Å². The maximum atomic E-state index is 12.8. The second-order valence-electron chi connectivity index (χ2n) is 4.69. The Morgan fingerprint density at radius 1 is 1.27 bits per heavy atom. The van der Waals surface area contributed by atoms with Gasteiger partial charge in [0.2, 0.25) is 0 Å².